The van der Waals surface area contributed by atoms with Gasteiger partial charge in [-0.05, 0) is 97.3 Å². The maximum absolute atomic E-state index is 12.3. The molecule has 176 valence electrons. The van der Waals surface area contributed by atoms with Gasteiger partial charge in [0.2, 0.25) is 0 Å². The van der Waals surface area contributed by atoms with E-state index in [9.17, 15) is 4.79 Å². The Morgan fingerprint density at radius 3 is 2.40 bits per heavy atom. The first kappa shape index (κ1) is 24.0. The number of nitrogens with zero attached hydrogens (tertiary/aromatic N) is 1. The van der Waals surface area contributed by atoms with Crippen LogP contribution in [0.25, 0.3) is 0 Å². The van der Waals surface area contributed by atoms with E-state index in [0.717, 1.165) is 22.5 Å². The van der Waals surface area contributed by atoms with Crippen LogP contribution in [0.15, 0.2) is 96.0 Å². The molecule has 0 radical (unpaired) electrons. The lowest BCUT2D eigenvalue weighted by atomic mass is 10.1. The Hall–Kier alpha value is -4.09. The summed E-state index contributed by atoms with van der Waals surface area (Å²) in [6, 6.07) is 27.9. The van der Waals surface area contributed by atoms with Crippen molar-refractivity contribution in [3.63, 3.8) is 0 Å². The molecule has 0 aliphatic rings. The van der Waals surface area contributed by atoms with Crippen LogP contribution in [0.2, 0.25) is 5.02 Å². The van der Waals surface area contributed by atoms with E-state index in [2.05, 4.69) is 10.3 Å². The number of halogens is 1. The van der Waals surface area contributed by atoms with E-state index in [1.54, 1.807) is 18.3 Å². The van der Waals surface area contributed by atoms with Gasteiger partial charge in [-0.15, -0.1) is 0 Å². The van der Waals surface area contributed by atoms with Crippen LogP contribution in [0.1, 0.15) is 16.7 Å². The summed E-state index contributed by atoms with van der Waals surface area (Å²) in [6.07, 6.45) is 1.74. The molecule has 0 fully saturated rings. The fraction of sp³-hybridized carbons (Fsp3) is 0.103. The molecule has 0 saturated carbocycles. The van der Waals surface area contributed by atoms with Crippen LogP contribution in [-0.4, -0.2) is 18.7 Å². The number of rotatable bonds is 8. The van der Waals surface area contributed by atoms with E-state index >= 15 is 0 Å². The van der Waals surface area contributed by atoms with Gasteiger partial charge in [-0.3, -0.25) is 9.79 Å². The van der Waals surface area contributed by atoms with E-state index in [1.165, 1.54) is 5.56 Å². The largest absolute Gasteiger partial charge is 0.484 e. The van der Waals surface area contributed by atoms with Crippen molar-refractivity contribution in [1.82, 2.24) is 0 Å². The van der Waals surface area contributed by atoms with E-state index in [1.807, 2.05) is 92.7 Å². The zero-order valence-electron chi connectivity index (χ0n) is 19.5. The second-order valence-electron chi connectivity index (χ2n) is 8.02. The van der Waals surface area contributed by atoms with Crippen molar-refractivity contribution >= 4 is 35.1 Å². The van der Waals surface area contributed by atoms with Gasteiger partial charge >= 0.3 is 0 Å². The van der Waals surface area contributed by atoms with Crippen molar-refractivity contribution in [1.29, 1.82) is 0 Å². The lowest BCUT2D eigenvalue weighted by Crippen LogP contribution is -2.20. The van der Waals surface area contributed by atoms with Gasteiger partial charge in [-0.25, -0.2) is 0 Å². The number of carbonyl (C=O) groups excluding carboxylic acids is 1. The minimum absolute atomic E-state index is 0.0817. The highest BCUT2D eigenvalue weighted by molar-refractivity contribution is 6.30. The molecule has 0 spiro atoms. The third kappa shape index (κ3) is 7.19. The first-order chi connectivity index (χ1) is 16.9. The van der Waals surface area contributed by atoms with Crippen molar-refractivity contribution in [2.45, 2.75) is 13.8 Å². The van der Waals surface area contributed by atoms with Gasteiger partial charge in [0.25, 0.3) is 5.91 Å². The molecule has 4 rings (SSSR count). The summed E-state index contributed by atoms with van der Waals surface area (Å²) in [4.78, 5) is 16.8. The third-order valence-corrected chi connectivity index (χ3v) is 5.48. The number of hydrogen-bond donors (Lipinski definition) is 1. The van der Waals surface area contributed by atoms with Crippen LogP contribution >= 0.6 is 11.6 Å². The first-order valence-electron chi connectivity index (χ1n) is 11.1. The zero-order chi connectivity index (χ0) is 24.6. The molecule has 0 aliphatic carbocycles. The van der Waals surface area contributed by atoms with Crippen LogP contribution in [-0.2, 0) is 4.79 Å². The molecule has 4 aromatic carbocycles. The molecular weight excluding hydrogens is 460 g/mol. The molecular formula is C29H25ClN2O3. The highest BCUT2D eigenvalue weighted by Crippen LogP contribution is 2.26. The van der Waals surface area contributed by atoms with Crippen LogP contribution in [0.3, 0.4) is 0 Å². The van der Waals surface area contributed by atoms with Gasteiger partial charge in [-0.2, -0.15) is 0 Å². The van der Waals surface area contributed by atoms with E-state index in [0.29, 0.717) is 22.3 Å². The molecule has 1 amide bonds. The fourth-order valence-corrected chi connectivity index (χ4v) is 3.45. The van der Waals surface area contributed by atoms with Gasteiger partial charge in [0.1, 0.15) is 17.2 Å². The molecule has 4 aromatic rings. The van der Waals surface area contributed by atoms with Gasteiger partial charge < -0.3 is 14.8 Å². The van der Waals surface area contributed by atoms with E-state index in [-0.39, 0.29) is 12.5 Å². The molecule has 0 aliphatic heterocycles. The first-order valence-corrected chi connectivity index (χ1v) is 11.5. The Kier molecular flexibility index (Phi) is 7.81. The lowest BCUT2D eigenvalue weighted by molar-refractivity contribution is -0.118. The van der Waals surface area contributed by atoms with Crippen LogP contribution < -0.4 is 14.8 Å². The monoisotopic (exact) mass is 484 g/mol. The third-order valence-electron chi connectivity index (χ3n) is 5.25. The second kappa shape index (κ2) is 11.4. The SMILES string of the molecule is Cc1ccc(NC(=O)COc2cccc(C=Nc3ccc(Oc4cccc(Cl)c4)cc3)c2)cc1C. The summed E-state index contributed by atoms with van der Waals surface area (Å²) in [7, 11) is 0. The molecule has 5 nitrogen and oxygen atoms in total. The van der Waals surface area contributed by atoms with Gasteiger partial charge in [0, 0.05) is 16.9 Å². The predicted octanol–water partition coefficient (Wildman–Crippen LogP) is 7.52. The minimum Gasteiger partial charge on any atom is -0.484 e. The molecule has 0 aromatic heterocycles. The number of hydrogen-bond acceptors (Lipinski definition) is 4. The summed E-state index contributed by atoms with van der Waals surface area (Å²) in [6.45, 7) is 3.96. The average molecular weight is 485 g/mol. The Labute approximate surface area is 210 Å². The van der Waals surface area contributed by atoms with Crippen LogP contribution in [0.5, 0.6) is 17.2 Å². The maximum atomic E-state index is 12.3. The van der Waals surface area contributed by atoms with Crippen molar-refractivity contribution in [3.8, 4) is 17.2 Å². The normalized spacial score (nSPS) is 10.8. The minimum atomic E-state index is -0.215. The highest BCUT2D eigenvalue weighted by Gasteiger charge is 2.05. The Morgan fingerprint density at radius 2 is 1.63 bits per heavy atom. The average Bonchev–Trinajstić information content (AvgIpc) is 2.85. The summed E-state index contributed by atoms with van der Waals surface area (Å²) < 4.78 is 11.5. The standard InChI is InChI=1S/C29H25ClN2O3/c1-20-9-10-25(15-21(20)2)32-29(33)19-34-27-7-3-5-22(16-27)18-31-24-11-13-26(14-12-24)35-28-8-4-6-23(30)17-28/h3-18H,19H2,1-2H3,(H,32,33). The smallest absolute Gasteiger partial charge is 0.262 e. The topological polar surface area (TPSA) is 59.9 Å². The predicted molar refractivity (Wildman–Crippen MR) is 142 cm³/mol. The van der Waals surface area contributed by atoms with Crippen molar-refractivity contribution in [2.75, 3.05) is 11.9 Å². The van der Waals surface area contributed by atoms with E-state index < -0.39 is 0 Å². The summed E-state index contributed by atoms with van der Waals surface area (Å²) in [5.74, 6) is 1.75. The summed E-state index contributed by atoms with van der Waals surface area (Å²) in [5.41, 5.74) is 4.70. The number of anilines is 1. The number of amides is 1. The van der Waals surface area contributed by atoms with Gasteiger partial charge in [-0.1, -0.05) is 35.9 Å². The lowest BCUT2D eigenvalue weighted by Gasteiger charge is -2.09. The highest BCUT2D eigenvalue weighted by atomic mass is 35.5. The number of carbonyl (C=O) groups is 1. The molecule has 0 atom stereocenters. The fourth-order valence-electron chi connectivity index (χ4n) is 3.27. The van der Waals surface area contributed by atoms with Crippen LogP contribution in [0.4, 0.5) is 11.4 Å². The van der Waals surface area contributed by atoms with Crippen molar-refractivity contribution in [3.05, 3.63) is 113 Å². The Bertz CT molecular complexity index is 1350. The summed E-state index contributed by atoms with van der Waals surface area (Å²) >= 11 is 6.00. The summed E-state index contributed by atoms with van der Waals surface area (Å²) in [5, 5.41) is 3.48. The van der Waals surface area contributed by atoms with E-state index in [4.69, 9.17) is 21.1 Å². The van der Waals surface area contributed by atoms with Gasteiger partial charge in [0.05, 0.1) is 5.69 Å². The number of ether oxygens (including phenoxy) is 2. The molecule has 35 heavy (non-hydrogen) atoms. The van der Waals surface area contributed by atoms with Crippen molar-refractivity contribution in [2.24, 2.45) is 4.99 Å². The molecule has 0 unspecified atom stereocenters. The Balaban J connectivity index is 1.31. The maximum Gasteiger partial charge on any atom is 0.262 e. The number of benzene rings is 4. The number of aliphatic imine (C=N–C) groups is 1. The quantitative estimate of drug-likeness (QED) is 0.263. The number of aryl methyl sites for hydroxylation is 2. The number of nitrogens with one attached hydrogen (secondary N) is 1. The molecule has 0 saturated heterocycles. The molecule has 0 bridgehead atoms. The zero-order valence-corrected chi connectivity index (χ0v) is 20.3. The molecule has 1 N–H and O–H groups in total. The second-order valence-corrected chi connectivity index (χ2v) is 8.46. The molecule has 0 heterocycles. The van der Waals surface area contributed by atoms with Crippen LogP contribution in [0, 0.1) is 13.8 Å². The van der Waals surface area contributed by atoms with Gasteiger partial charge in [0.15, 0.2) is 6.61 Å². The Morgan fingerprint density at radius 1 is 0.857 bits per heavy atom. The van der Waals surface area contributed by atoms with Crippen molar-refractivity contribution < 1.29 is 14.3 Å². The molecule has 6 heteroatoms.